The summed E-state index contributed by atoms with van der Waals surface area (Å²) in [5.74, 6) is 0.893. The van der Waals surface area contributed by atoms with Gasteiger partial charge in [0.15, 0.2) is 0 Å². The van der Waals surface area contributed by atoms with Crippen molar-refractivity contribution < 1.29 is 13.2 Å². The van der Waals surface area contributed by atoms with Crippen molar-refractivity contribution in [2.24, 2.45) is 0 Å². The van der Waals surface area contributed by atoms with Crippen LogP contribution >= 0.6 is 0 Å². The second kappa shape index (κ2) is 5.32. The summed E-state index contributed by atoms with van der Waals surface area (Å²) >= 11 is 0. The molecule has 1 rings (SSSR count). The Labute approximate surface area is 96.9 Å². The molecule has 0 N–H and O–H groups in total. The van der Waals surface area contributed by atoms with Gasteiger partial charge in [0.1, 0.15) is 5.75 Å². The lowest BCUT2D eigenvalue weighted by molar-refractivity contribution is 0.414. The molecule has 0 saturated heterocycles. The van der Waals surface area contributed by atoms with Crippen LogP contribution in [-0.4, -0.2) is 32.6 Å². The molecule has 1 aromatic rings. The summed E-state index contributed by atoms with van der Waals surface area (Å²) in [6, 6.07) is 7.37. The molecule has 0 aromatic heterocycles. The molecule has 0 heterocycles. The number of benzene rings is 1. The second-order valence-corrected chi connectivity index (χ2v) is 5.87. The van der Waals surface area contributed by atoms with Gasteiger partial charge < -0.3 is 4.74 Å². The lowest BCUT2D eigenvalue weighted by Gasteiger charge is -2.15. The molecule has 0 spiro atoms. The van der Waals surface area contributed by atoms with Gasteiger partial charge in [-0.3, -0.25) is 0 Å². The van der Waals surface area contributed by atoms with Gasteiger partial charge in [0.2, 0.25) is 10.0 Å². The Bertz CT molecular complexity index is 425. The van der Waals surface area contributed by atoms with E-state index < -0.39 is 10.0 Å². The number of hydrogen-bond acceptors (Lipinski definition) is 3. The van der Waals surface area contributed by atoms with E-state index in [1.807, 2.05) is 24.3 Å². The van der Waals surface area contributed by atoms with E-state index in [0.29, 0.717) is 6.54 Å². The SMILES string of the molecule is CCS(=O)(=O)N(C)Cc1ccc(OC)cc1. The van der Waals surface area contributed by atoms with Crippen LogP contribution in [0.3, 0.4) is 0 Å². The largest absolute Gasteiger partial charge is 0.497 e. The molecule has 4 nitrogen and oxygen atoms in total. The van der Waals surface area contributed by atoms with Crippen LogP contribution < -0.4 is 4.74 Å². The van der Waals surface area contributed by atoms with E-state index >= 15 is 0 Å². The summed E-state index contributed by atoms with van der Waals surface area (Å²) < 4.78 is 29.4. The number of nitrogens with zero attached hydrogens (tertiary/aromatic N) is 1. The first kappa shape index (κ1) is 13.0. The molecule has 5 heteroatoms. The Balaban J connectivity index is 2.74. The van der Waals surface area contributed by atoms with Crippen LogP contribution in [0.2, 0.25) is 0 Å². The van der Waals surface area contributed by atoms with E-state index in [9.17, 15) is 8.42 Å². The molecule has 0 amide bonds. The van der Waals surface area contributed by atoms with Crippen LogP contribution in [-0.2, 0) is 16.6 Å². The molecule has 0 fully saturated rings. The van der Waals surface area contributed by atoms with Gasteiger partial charge in [-0.1, -0.05) is 12.1 Å². The van der Waals surface area contributed by atoms with Gasteiger partial charge in [-0.05, 0) is 24.6 Å². The average Bonchev–Trinajstić information content (AvgIpc) is 2.30. The third kappa shape index (κ3) is 3.21. The van der Waals surface area contributed by atoms with E-state index in [-0.39, 0.29) is 5.75 Å². The van der Waals surface area contributed by atoms with Crippen LogP contribution in [0.15, 0.2) is 24.3 Å². The Morgan fingerprint density at radius 3 is 2.25 bits per heavy atom. The maximum Gasteiger partial charge on any atom is 0.213 e. The molecular weight excluding hydrogens is 226 g/mol. The van der Waals surface area contributed by atoms with Gasteiger partial charge in [0.25, 0.3) is 0 Å². The predicted molar refractivity (Wildman–Crippen MR) is 63.9 cm³/mol. The van der Waals surface area contributed by atoms with Crippen molar-refractivity contribution in [2.75, 3.05) is 19.9 Å². The minimum absolute atomic E-state index is 0.125. The lowest BCUT2D eigenvalue weighted by Crippen LogP contribution is -2.27. The minimum atomic E-state index is -3.11. The Morgan fingerprint density at radius 1 is 1.25 bits per heavy atom. The van der Waals surface area contributed by atoms with Gasteiger partial charge in [-0.25, -0.2) is 12.7 Å². The van der Waals surface area contributed by atoms with Crippen LogP contribution in [0.25, 0.3) is 0 Å². The van der Waals surface area contributed by atoms with E-state index in [1.165, 1.54) is 4.31 Å². The Hall–Kier alpha value is -1.07. The number of methoxy groups -OCH3 is 1. The fourth-order valence-corrected chi connectivity index (χ4v) is 2.09. The quantitative estimate of drug-likeness (QED) is 0.787. The number of sulfonamides is 1. The molecule has 0 aliphatic heterocycles. The fourth-order valence-electron chi connectivity index (χ4n) is 1.31. The lowest BCUT2D eigenvalue weighted by atomic mass is 10.2. The van der Waals surface area contributed by atoms with Crippen LogP contribution in [0, 0.1) is 0 Å². The summed E-state index contributed by atoms with van der Waals surface area (Å²) in [7, 11) is 0.0763. The maximum absolute atomic E-state index is 11.5. The van der Waals surface area contributed by atoms with Crippen LogP contribution in [0.5, 0.6) is 5.75 Å². The van der Waals surface area contributed by atoms with Crippen LogP contribution in [0.1, 0.15) is 12.5 Å². The molecule has 0 atom stereocenters. The molecule has 0 aliphatic rings. The topological polar surface area (TPSA) is 46.6 Å². The summed E-state index contributed by atoms with van der Waals surface area (Å²) in [6.07, 6.45) is 0. The van der Waals surface area contributed by atoms with Crippen LogP contribution in [0.4, 0.5) is 0 Å². The molecule has 90 valence electrons. The van der Waals surface area contributed by atoms with Crippen molar-refractivity contribution >= 4 is 10.0 Å². The maximum atomic E-state index is 11.5. The van der Waals surface area contributed by atoms with Crippen molar-refractivity contribution in [3.05, 3.63) is 29.8 Å². The first-order valence-electron chi connectivity index (χ1n) is 5.06. The Kier molecular flexibility index (Phi) is 4.32. The summed E-state index contributed by atoms with van der Waals surface area (Å²) in [5, 5.41) is 0. The zero-order valence-corrected chi connectivity index (χ0v) is 10.6. The van der Waals surface area contributed by atoms with Crippen molar-refractivity contribution in [1.29, 1.82) is 0 Å². The van der Waals surface area contributed by atoms with Gasteiger partial charge in [-0.2, -0.15) is 0 Å². The molecule has 0 aliphatic carbocycles. The van der Waals surface area contributed by atoms with E-state index in [0.717, 1.165) is 11.3 Å². The van der Waals surface area contributed by atoms with E-state index in [4.69, 9.17) is 4.74 Å². The molecule has 0 radical (unpaired) electrons. The number of rotatable bonds is 5. The Morgan fingerprint density at radius 2 is 1.81 bits per heavy atom. The zero-order valence-electron chi connectivity index (χ0n) is 9.80. The molecule has 16 heavy (non-hydrogen) atoms. The molecule has 0 unspecified atom stereocenters. The normalized spacial score (nSPS) is 11.8. The standard InChI is InChI=1S/C11H17NO3S/c1-4-16(13,14)12(2)9-10-5-7-11(15-3)8-6-10/h5-8H,4,9H2,1-3H3. The van der Waals surface area contributed by atoms with Gasteiger partial charge in [0, 0.05) is 13.6 Å². The van der Waals surface area contributed by atoms with Gasteiger partial charge in [-0.15, -0.1) is 0 Å². The summed E-state index contributed by atoms with van der Waals surface area (Å²) in [5.41, 5.74) is 0.945. The third-order valence-electron chi connectivity index (χ3n) is 2.40. The van der Waals surface area contributed by atoms with Crippen molar-refractivity contribution in [1.82, 2.24) is 4.31 Å². The first-order valence-corrected chi connectivity index (χ1v) is 6.67. The highest BCUT2D eigenvalue weighted by Crippen LogP contribution is 2.13. The fraction of sp³-hybridized carbons (Fsp3) is 0.455. The highest BCUT2D eigenvalue weighted by Gasteiger charge is 2.14. The smallest absolute Gasteiger partial charge is 0.213 e. The second-order valence-electron chi connectivity index (χ2n) is 3.50. The highest BCUT2D eigenvalue weighted by atomic mass is 32.2. The van der Waals surface area contributed by atoms with Crippen molar-refractivity contribution in [3.8, 4) is 5.75 Å². The molecule has 0 saturated carbocycles. The highest BCUT2D eigenvalue weighted by molar-refractivity contribution is 7.89. The van der Waals surface area contributed by atoms with Crippen molar-refractivity contribution in [2.45, 2.75) is 13.5 Å². The third-order valence-corrected chi connectivity index (χ3v) is 4.21. The molecular formula is C11H17NO3S. The predicted octanol–water partition coefficient (Wildman–Crippen LogP) is 1.48. The average molecular weight is 243 g/mol. The van der Waals surface area contributed by atoms with Crippen molar-refractivity contribution in [3.63, 3.8) is 0 Å². The molecule has 0 bridgehead atoms. The number of hydrogen-bond donors (Lipinski definition) is 0. The zero-order chi connectivity index (χ0) is 12.2. The van der Waals surface area contributed by atoms with E-state index in [1.54, 1.807) is 21.1 Å². The minimum Gasteiger partial charge on any atom is -0.497 e. The van der Waals surface area contributed by atoms with Gasteiger partial charge in [0.05, 0.1) is 12.9 Å². The summed E-state index contributed by atoms with van der Waals surface area (Å²) in [6.45, 7) is 2.03. The molecule has 1 aromatic carbocycles. The van der Waals surface area contributed by atoms with Gasteiger partial charge >= 0.3 is 0 Å². The summed E-state index contributed by atoms with van der Waals surface area (Å²) in [4.78, 5) is 0. The number of ether oxygens (including phenoxy) is 1. The van der Waals surface area contributed by atoms with E-state index in [2.05, 4.69) is 0 Å². The monoisotopic (exact) mass is 243 g/mol. The first-order chi connectivity index (χ1) is 7.49.